The molecule has 0 radical (unpaired) electrons. The maximum atomic E-state index is 15.5. The number of methoxy groups -OCH3 is 2. The Balaban J connectivity index is 1.26. The van der Waals surface area contributed by atoms with Crippen molar-refractivity contribution in [3.8, 4) is 22.9 Å². The summed E-state index contributed by atoms with van der Waals surface area (Å²) in [5.41, 5.74) is 2.63. The van der Waals surface area contributed by atoms with Crippen LogP contribution in [0.4, 0.5) is 8.78 Å². The van der Waals surface area contributed by atoms with Crippen LogP contribution in [-0.2, 0) is 29.0 Å². The number of aromatic nitrogens is 4. The minimum atomic E-state index is -0.646. The Morgan fingerprint density at radius 2 is 1.91 bits per heavy atom. The fourth-order valence-electron chi connectivity index (χ4n) is 5.02. The Labute approximate surface area is 256 Å². The minimum Gasteiger partial charge on any atom is -0.496 e. The van der Waals surface area contributed by atoms with Crippen molar-refractivity contribution in [2.24, 2.45) is 0 Å². The summed E-state index contributed by atoms with van der Waals surface area (Å²) in [6.07, 6.45) is 2.39. The number of ether oxygens (including phenoxy) is 4. The molecule has 1 fully saturated rings. The summed E-state index contributed by atoms with van der Waals surface area (Å²) < 4.78 is 54.5. The fraction of sp³-hybridized carbons (Fsp3) is 0.250. The lowest BCUT2D eigenvalue weighted by molar-refractivity contribution is -0.0589. The van der Waals surface area contributed by atoms with Crippen LogP contribution in [0.2, 0.25) is 5.15 Å². The Kier molecular flexibility index (Phi) is 8.40. The van der Waals surface area contributed by atoms with Crippen LogP contribution in [0.1, 0.15) is 33.7 Å². The van der Waals surface area contributed by atoms with Crippen LogP contribution in [0.15, 0.2) is 60.8 Å². The lowest BCUT2D eigenvalue weighted by Crippen LogP contribution is -2.31. The number of carbonyl (C=O) groups excluding carboxylic acids is 1. The number of hydrogen-bond donors (Lipinski definition) is 0. The smallest absolute Gasteiger partial charge is 0.337 e. The highest BCUT2D eigenvalue weighted by Crippen LogP contribution is 2.29. The molecule has 5 aromatic rings. The molecule has 226 valence electrons. The number of pyridine rings is 2. The minimum absolute atomic E-state index is 0.0125. The molecule has 0 spiro atoms. The van der Waals surface area contributed by atoms with Crippen molar-refractivity contribution >= 4 is 28.6 Å². The van der Waals surface area contributed by atoms with Gasteiger partial charge in [-0.3, -0.25) is 0 Å². The quantitative estimate of drug-likeness (QED) is 0.135. The summed E-state index contributed by atoms with van der Waals surface area (Å²) in [4.78, 5) is 25.3. The molecule has 3 aromatic heterocycles. The van der Waals surface area contributed by atoms with E-state index in [1.807, 2.05) is 4.57 Å². The number of esters is 1. The van der Waals surface area contributed by atoms with Crippen molar-refractivity contribution in [3.63, 3.8) is 0 Å². The van der Waals surface area contributed by atoms with Gasteiger partial charge in [0.05, 0.1) is 49.2 Å². The summed E-state index contributed by atoms with van der Waals surface area (Å²) >= 11 is 5.93. The molecule has 0 aliphatic carbocycles. The maximum Gasteiger partial charge on any atom is 0.337 e. The van der Waals surface area contributed by atoms with Crippen molar-refractivity contribution in [1.82, 2.24) is 19.5 Å². The molecule has 0 amide bonds. The lowest BCUT2D eigenvalue weighted by Gasteiger charge is -2.27. The maximum absolute atomic E-state index is 15.5. The van der Waals surface area contributed by atoms with Crippen molar-refractivity contribution in [1.29, 1.82) is 0 Å². The van der Waals surface area contributed by atoms with Gasteiger partial charge in [-0.2, -0.15) is 0 Å². The zero-order valence-electron chi connectivity index (χ0n) is 23.9. The van der Waals surface area contributed by atoms with Gasteiger partial charge in [-0.15, -0.1) is 0 Å². The molecular formula is C32H27ClF2N4O5. The first-order valence-corrected chi connectivity index (χ1v) is 14.2. The van der Waals surface area contributed by atoms with Crippen LogP contribution >= 0.6 is 11.6 Å². The number of halogens is 3. The number of benzene rings is 2. The normalized spacial score (nSPS) is 14.3. The van der Waals surface area contributed by atoms with Crippen molar-refractivity contribution in [3.05, 3.63) is 100 Å². The fourth-order valence-corrected chi connectivity index (χ4v) is 5.16. The molecule has 9 nitrogen and oxygen atoms in total. The number of hydrogen-bond acceptors (Lipinski definition) is 8. The second-order valence-electron chi connectivity index (χ2n) is 10.2. The lowest BCUT2D eigenvalue weighted by atomic mass is 10.0. The van der Waals surface area contributed by atoms with Gasteiger partial charge >= 0.3 is 5.97 Å². The van der Waals surface area contributed by atoms with E-state index in [9.17, 15) is 4.79 Å². The Hall–Kier alpha value is -4.61. The molecule has 44 heavy (non-hydrogen) atoms. The molecule has 1 saturated heterocycles. The average Bonchev–Trinajstić information content (AvgIpc) is 3.35. The third-order valence-corrected chi connectivity index (χ3v) is 7.62. The van der Waals surface area contributed by atoms with Gasteiger partial charge in [0, 0.05) is 42.5 Å². The van der Waals surface area contributed by atoms with Gasteiger partial charge in [0.25, 0.3) is 0 Å². The highest BCUT2D eigenvalue weighted by Gasteiger charge is 2.24. The zero-order chi connectivity index (χ0) is 30.8. The third kappa shape index (κ3) is 6.06. The molecule has 12 heteroatoms. The van der Waals surface area contributed by atoms with Gasteiger partial charge in [-0.1, -0.05) is 17.7 Å². The van der Waals surface area contributed by atoms with Crippen LogP contribution in [-0.4, -0.2) is 52.4 Å². The SMILES string of the molecule is COC(=O)c1ccc2nc(Cc3cc(F)c(-c4cccc(OCc5cnc(Cl)cc5OC)n4)cc3F)n(CC3CCO3)c2c1. The predicted molar refractivity (Wildman–Crippen MR) is 158 cm³/mol. The summed E-state index contributed by atoms with van der Waals surface area (Å²) in [5.74, 6) is -0.504. The van der Waals surface area contributed by atoms with E-state index >= 15 is 8.78 Å². The van der Waals surface area contributed by atoms with E-state index in [1.54, 1.807) is 42.5 Å². The van der Waals surface area contributed by atoms with Gasteiger partial charge in [-0.05, 0) is 48.4 Å². The number of imidazole rings is 1. The number of rotatable bonds is 10. The first-order valence-electron chi connectivity index (χ1n) is 13.8. The molecule has 2 aromatic carbocycles. The third-order valence-electron chi connectivity index (χ3n) is 7.42. The zero-order valence-corrected chi connectivity index (χ0v) is 24.6. The van der Waals surface area contributed by atoms with Gasteiger partial charge in [0.1, 0.15) is 35.0 Å². The van der Waals surface area contributed by atoms with Crippen molar-refractivity contribution in [2.75, 3.05) is 20.8 Å². The van der Waals surface area contributed by atoms with Crippen LogP contribution < -0.4 is 9.47 Å². The van der Waals surface area contributed by atoms with E-state index in [2.05, 4.69) is 15.0 Å². The van der Waals surface area contributed by atoms with Gasteiger partial charge in [-0.25, -0.2) is 28.5 Å². The largest absolute Gasteiger partial charge is 0.496 e. The molecule has 4 heterocycles. The molecule has 1 aliphatic heterocycles. The Morgan fingerprint density at radius 1 is 1.07 bits per heavy atom. The predicted octanol–water partition coefficient (Wildman–Crippen LogP) is 6.18. The summed E-state index contributed by atoms with van der Waals surface area (Å²) in [7, 11) is 2.82. The van der Waals surface area contributed by atoms with Gasteiger partial charge in [0.2, 0.25) is 5.88 Å². The van der Waals surface area contributed by atoms with E-state index < -0.39 is 17.6 Å². The van der Waals surface area contributed by atoms with E-state index in [4.69, 9.17) is 30.5 Å². The monoisotopic (exact) mass is 620 g/mol. The number of fused-ring (bicyclic) bond motifs is 1. The molecular weight excluding hydrogens is 594 g/mol. The van der Waals surface area contributed by atoms with E-state index in [0.717, 1.165) is 18.6 Å². The van der Waals surface area contributed by atoms with E-state index in [1.165, 1.54) is 20.4 Å². The van der Waals surface area contributed by atoms with Crippen LogP contribution in [0.3, 0.4) is 0 Å². The highest BCUT2D eigenvalue weighted by molar-refractivity contribution is 6.29. The number of carbonyl (C=O) groups is 1. The number of nitrogens with zero attached hydrogens (tertiary/aromatic N) is 4. The van der Waals surface area contributed by atoms with Crippen molar-refractivity contribution in [2.45, 2.75) is 32.1 Å². The summed E-state index contributed by atoms with van der Waals surface area (Å²) in [5, 5.41) is 0.281. The summed E-state index contributed by atoms with van der Waals surface area (Å²) in [6, 6.07) is 13.7. The topological polar surface area (TPSA) is 97.6 Å². The van der Waals surface area contributed by atoms with Crippen LogP contribution in [0.25, 0.3) is 22.3 Å². The van der Waals surface area contributed by atoms with Gasteiger partial charge < -0.3 is 23.5 Å². The van der Waals surface area contributed by atoms with E-state index in [-0.39, 0.29) is 47.0 Å². The Morgan fingerprint density at radius 3 is 2.66 bits per heavy atom. The molecule has 6 rings (SSSR count). The second-order valence-corrected chi connectivity index (χ2v) is 10.6. The van der Waals surface area contributed by atoms with Crippen molar-refractivity contribution < 1.29 is 32.5 Å². The molecule has 1 unspecified atom stereocenters. The molecule has 1 atom stereocenters. The standard InChI is InChI=1S/C32H27ClF2N4O5/c1-41-28-14-29(33)36-15-20(28)17-44-31-5-3-4-25(38-31)22-13-23(34)19(10-24(22)35)12-30-37-26-7-6-18(32(40)42-2)11-27(26)39(30)16-21-8-9-43-21/h3-7,10-11,13-15,21H,8-9,12,16-17H2,1-2H3. The summed E-state index contributed by atoms with van der Waals surface area (Å²) in [6.45, 7) is 1.20. The first kappa shape index (κ1) is 29.5. The molecule has 0 bridgehead atoms. The van der Waals surface area contributed by atoms with Crippen LogP contribution in [0.5, 0.6) is 11.6 Å². The Bertz CT molecular complexity index is 1860. The van der Waals surface area contributed by atoms with E-state index in [0.29, 0.717) is 46.9 Å². The molecule has 0 N–H and O–H groups in total. The second kappa shape index (κ2) is 12.6. The molecule has 0 saturated carbocycles. The first-order chi connectivity index (χ1) is 21.3. The average molecular weight is 621 g/mol. The highest BCUT2D eigenvalue weighted by atomic mass is 35.5. The van der Waals surface area contributed by atoms with Crippen LogP contribution in [0, 0.1) is 11.6 Å². The molecule has 1 aliphatic rings. The van der Waals surface area contributed by atoms with Gasteiger partial charge in [0.15, 0.2) is 0 Å².